The summed E-state index contributed by atoms with van der Waals surface area (Å²) in [7, 11) is 0. The van der Waals surface area contributed by atoms with Crippen LogP contribution in [0, 0.1) is 10.9 Å². The van der Waals surface area contributed by atoms with Gasteiger partial charge in [-0.2, -0.15) is 4.98 Å². The molecule has 8 heteroatoms. The van der Waals surface area contributed by atoms with E-state index in [1.807, 2.05) is 30.3 Å². The number of aromatic nitrogens is 4. The Bertz CT molecular complexity index is 762. The molecule has 5 nitrogen and oxygen atoms in total. The Hall–Kier alpha value is -1.51. The lowest BCUT2D eigenvalue weighted by Gasteiger charge is -1.98. The highest BCUT2D eigenvalue weighted by Crippen LogP contribution is 2.26. The highest BCUT2D eigenvalue weighted by molar-refractivity contribution is 8.00. The predicted molar refractivity (Wildman–Crippen MR) is 80.9 cm³/mol. The number of thioether (sulfide) groups is 1. The van der Waals surface area contributed by atoms with E-state index in [-0.39, 0.29) is 0 Å². The first-order valence-corrected chi connectivity index (χ1v) is 8.01. The smallest absolute Gasteiger partial charge is 0.237 e. The molecular formula is C12H10N4OS3. The van der Waals surface area contributed by atoms with Crippen molar-refractivity contribution in [2.24, 2.45) is 0 Å². The maximum absolute atomic E-state index is 5.34. The zero-order valence-corrected chi connectivity index (χ0v) is 13.0. The summed E-state index contributed by atoms with van der Waals surface area (Å²) in [6.07, 6.45) is 0. The molecule has 0 radical (unpaired) electrons. The Kier molecular flexibility index (Phi) is 3.95. The second-order valence-electron chi connectivity index (χ2n) is 3.91. The first kappa shape index (κ1) is 13.5. The second kappa shape index (κ2) is 5.86. The van der Waals surface area contributed by atoms with Crippen LogP contribution in [-0.2, 0) is 5.75 Å². The number of rotatable bonds is 4. The quantitative estimate of drug-likeness (QED) is 0.540. The zero-order valence-electron chi connectivity index (χ0n) is 10.5. The molecule has 0 aliphatic heterocycles. The van der Waals surface area contributed by atoms with Crippen LogP contribution in [-0.4, -0.2) is 19.9 Å². The summed E-state index contributed by atoms with van der Waals surface area (Å²) in [5.74, 6) is 1.83. The van der Waals surface area contributed by atoms with Gasteiger partial charge in [0.1, 0.15) is 0 Å². The van der Waals surface area contributed by atoms with E-state index in [1.54, 1.807) is 23.4 Å². The zero-order chi connectivity index (χ0) is 13.9. The van der Waals surface area contributed by atoms with Crippen molar-refractivity contribution in [1.82, 2.24) is 19.9 Å². The molecule has 0 saturated carbocycles. The van der Waals surface area contributed by atoms with Crippen molar-refractivity contribution in [3.05, 3.63) is 46.0 Å². The van der Waals surface area contributed by atoms with Crippen LogP contribution in [0.2, 0.25) is 0 Å². The first-order valence-electron chi connectivity index (χ1n) is 5.80. The van der Waals surface area contributed by atoms with E-state index in [4.69, 9.17) is 16.7 Å². The lowest BCUT2D eigenvalue weighted by atomic mass is 10.3. The van der Waals surface area contributed by atoms with Crippen molar-refractivity contribution in [2.75, 3.05) is 0 Å². The van der Waals surface area contributed by atoms with Gasteiger partial charge in [-0.25, -0.2) is 4.68 Å². The molecule has 0 N–H and O–H groups in total. The second-order valence-corrected chi connectivity index (χ2v) is 6.75. The van der Waals surface area contributed by atoms with Crippen molar-refractivity contribution in [1.29, 1.82) is 0 Å². The van der Waals surface area contributed by atoms with Crippen molar-refractivity contribution < 1.29 is 4.52 Å². The predicted octanol–water partition coefficient (Wildman–Crippen LogP) is 3.65. The molecule has 2 aromatic heterocycles. The van der Waals surface area contributed by atoms with Crippen molar-refractivity contribution in [3.63, 3.8) is 0 Å². The summed E-state index contributed by atoms with van der Waals surface area (Å²) < 4.78 is 8.44. The van der Waals surface area contributed by atoms with Gasteiger partial charge < -0.3 is 4.52 Å². The van der Waals surface area contributed by atoms with Crippen molar-refractivity contribution >= 4 is 35.3 Å². The third kappa shape index (κ3) is 2.97. The van der Waals surface area contributed by atoms with Crippen LogP contribution in [0.4, 0.5) is 0 Å². The fourth-order valence-corrected chi connectivity index (χ4v) is 3.77. The standard InChI is InChI=1S/C12H10N4OS3/c1-8-13-10(17-15-8)7-19-11-14-16(12(18)20-11)9-5-3-2-4-6-9/h2-6H,7H2,1H3. The minimum Gasteiger partial charge on any atom is -0.338 e. The average molecular weight is 322 g/mol. The van der Waals surface area contributed by atoms with Gasteiger partial charge in [0.25, 0.3) is 0 Å². The van der Waals surface area contributed by atoms with Gasteiger partial charge in [0.15, 0.2) is 14.1 Å². The Morgan fingerprint density at radius 3 is 2.85 bits per heavy atom. The van der Waals surface area contributed by atoms with E-state index in [0.717, 1.165) is 14.0 Å². The largest absolute Gasteiger partial charge is 0.338 e. The molecule has 20 heavy (non-hydrogen) atoms. The summed E-state index contributed by atoms with van der Waals surface area (Å²) in [5.41, 5.74) is 0.967. The van der Waals surface area contributed by atoms with E-state index in [1.165, 1.54) is 11.3 Å². The van der Waals surface area contributed by atoms with Crippen molar-refractivity contribution in [2.45, 2.75) is 17.0 Å². The molecule has 3 rings (SSSR count). The summed E-state index contributed by atoms with van der Waals surface area (Å²) in [6.45, 7) is 1.80. The molecule has 0 amide bonds. The minimum absolute atomic E-state index is 0.595. The summed E-state index contributed by atoms with van der Waals surface area (Å²) in [4.78, 5) is 4.16. The minimum atomic E-state index is 0.595. The number of hydrogen-bond donors (Lipinski definition) is 0. The van der Waals surface area contributed by atoms with Crippen LogP contribution in [0.15, 0.2) is 39.2 Å². The van der Waals surface area contributed by atoms with Gasteiger partial charge in [-0.05, 0) is 31.3 Å². The molecule has 0 fully saturated rings. The fourth-order valence-electron chi connectivity index (χ4n) is 1.57. The summed E-state index contributed by atoms with van der Waals surface area (Å²) >= 11 is 8.36. The molecule has 0 atom stereocenters. The molecule has 0 aliphatic rings. The van der Waals surface area contributed by atoms with Crippen LogP contribution in [0.25, 0.3) is 5.69 Å². The number of aryl methyl sites for hydroxylation is 1. The average Bonchev–Trinajstić information content (AvgIpc) is 3.03. The number of para-hydroxylation sites is 1. The van der Waals surface area contributed by atoms with Gasteiger partial charge in [0, 0.05) is 0 Å². The molecule has 0 spiro atoms. The molecule has 2 heterocycles. The number of benzene rings is 1. The normalized spacial score (nSPS) is 10.8. The van der Waals surface area contributed by atoms with Crippen LogP contribution in [0.5, 0.6) is 0 Å². The number of nitrogens with zero attached hydrogens (tertiary/aromatic N) is 4. The molecule has 0 saturated heterocycles. The van der Waals surface area contributed by atoms with Gasteiger partial charge in [0.2, 0.25) is 5.89 Å². The van der Waals surface area contributed by atoms with Gasteiger partial charge in [0.05, 0.1) is 11.4 Å². The molecule has 3 aromatic rings. The molecule has 102 valence electrons. The third-order valence-electron chi connectivity index (χ3n) is 2.42. The lowest BCUT2D eigenvalue weighted by molar-refractivity contribution is 0.387. The van der Waals surface area contributed by atoms with Gasteiger partial charge in [-0.3, -0.25) is 0 Å². The summed E-state index contributed by atoms with van der Waals surface area (Å²) in [5, 5.41) is 8.26. The van der Waals surface area contributed by atoms with Crippen LogP contribution in [0.3, 0.4) is 0 Å². The Balaban J connectivity index is 1.77. The van der Waals surface area contributed by atoms with Crippen LogP contribution < -0.4 is 0 Å². The Labute approximate surface area is 128 Å². The van der Waals surface area contributed by atoms with Gasteiger partial charge in [-0.15, -0.1) is 5.10 Å². The Morgan fingerprint density at radius 1 is 1.35 bits per heavy atom. The molecule has 0 unspecified atom stereocenters. The van der Waals surface area contributed by atoms with Crippen LogP contribution >= 0.6 is 35.3 Å². The van der Waals surface area contributed by atoms with E-state index >= 15 is 0 Å². The van der Waals surface area contributed by atoms with E-state index in [9.17, 15) is 0 Å². The Morgan fingerprint density at radius 2 is 2.15 bits per heavy atom. The van der Waals surface area contributed by atoms with Gasteiger partial charge >= 0.3 is 0 Å². The monoisotopic (exact) mass is 322 g/mol. The molecular weight excluding hydrogens is 312 g/mol. The van der Waals surface area contributed by atoms with E-state index in [0.29, 0.717) is 17.5 Å². The molecule has 0 aliphatic carbocycles. The number of hydrogen-bond acceptors (Lipinski definition) is 7. The maximum Gasteiger partial charge on any atom is 0.237 e. The van der Waals surface area contributed by atoms with E-state index in [2.05, 4.69) is 15.2 Å². The maximum atomic E-state index is 5.34. The molecule has 0 bridgehead atoms. The highest BCUT2D eigenvalue weighted by Gasteiger charge is 2.09. The SMILES string of the molecule is Cc1noc(CSc2nn(-c3ccccc3)c(=S)s2)n1. The summed E-state index contributed by atoms with van der Waals surface area (Å²) in [6, 6.07) is 9.85. The lowest BCUT2D eigenvalue weighted by Crippen LogP contribution is -1.95. The molecule has 1 aromatic carbocycles. The topological polar surface area (TPSA) is 56.7 Å². The third-order valence-corrected chi connectivity index (χ3v) is 4.77. The van der Waals surface area contributed by atoms with E-state index < -0.39 is 0 Å². The van der Waals surface area contributed by atoms with Crippen LogP contribution in [0.1, 0.15) is 11.7 Å². The van der Waals surface area contributed by atoms with Crippen molar-refractivity contribution in [3.8, 4) is 5.69 Å². The fraction of sp³-hybridized carbons (Fsp3) is 0.167. The van der Waals surface area contributed by atoms with Gasteiger partial charge in [-0.1, -0.05) is 46.5 Å². The first-order chi connectivity index (χ1) is 9.72. The highest BCUT2D eigenvalue weighted by atomic mass is 32.2.